The summed E-state index contributed by atoms with van der Waals surface area (Å²) in [6.45, 7) is 7.43. The van der Waals surface area contributed by atoms with Crippen molar-refractivity contribution in [3.8, 4) is 0 Å². The van der Waals surface area contributed by atoms with E-state index in [0.717, 1.165) is 44.4 Å². The van der Waals surface area contributed by atoms with Gasteiger partial charge >= 0.3 is 0 Å². The van der Waals surface area contributed by atoms with Crippen molar-refractivity contribution in [3.05, 3.63) is 0 Å². The Labute approximate surface area is 112 Å². The summed E-state index contributed by atoms with van der Waals surface area (Å²) in [7, 11) is 1.85. The number of methoxy groups -OCH3 is 1. The summed E-state index contributed by atoms with van der Waals surface area (Å²) in [4.78, 5) is 0. The molecule has 0 bridgehead atoms. The Morgan fingerprint density at radius 3 is 2.56 bits per heavy atom. The maximum absolute atomic E-state index is 5.78. The number of rotatable bonds is 4. The van der Waals surface area contributed by atoms with E-state index in [2.05, 4.69) is 19.2 Å². The van der Waals surface area contributed by atoms with Gasteiger partial charge in [0.2, 0.25) is 0 Å². The minimum atomic E-state index is 0.0149. The molecule has 18 heavy (non-hydrogen) atoms. The van der Waals surface area contributed by atoms with Crippen LogP contribution in [0.2, 0.25) is 0 Å². The molecule has 1 aliphatic carbocycles. The fourth-order valence-electron chi connectivity index (χ4n) is 3.48. The average Bonchev–Trinajstić information content (AvgIpc) is 2.39. The van der Waals surface area contributed by atoms with E-state index in [1.165, 1.54) is 19.3 Å². The molecule has 2 fully saturated rings. The topological polar surface area (TPSA) is 30.5 Å². The fourth-order valence-corrected chi connectivity index (χ4v) is 3.48. The van der Waals surface area contributed by atoms with Crippen LogP contribution in [0.4, 0.5) is 0 Å². The molecule has 1 heterocycles. The maximum atomic E-state index is 5.78. The van der Waals surface area contributed by atoms with Crippen LogP contribution in [0.15, 0.2) is 0 Å². The summed E-state index contributed by atoms with van der Waals surface area (Å²) in [5, 5.41) is 3.77. The first-order valence-electron chi connectivity index (χ1n) is 7.51. The lowest BCUT2D eigenvalue weighted by Crippen LogP contribution is -2.51. The maximum Gasteiger partial charge on any atom is 0.0846 e. The highest BCUT2D eigenvalue weighted by Crippen LogP contribution is 2.30. The Kier molecular flexibility index (Phi) is 5.05. The van der Waals surface area contributed by atoms with Crippen molar-refractivity contribution in [2.75, 3.05) is 26.9 Å². The summed E-state index contributed by atoms with van der Waals surface area (Å²) in [6, 6.07) is 0.677. The minimum Gasteiger partial charge on any atom is -0.381 e. The van der Waals surface area contributed by atoms with Gasteiger partial charge in [-0.15, -0.1) is 0 Å². The van der Waals surface area contributed by atoms with Gasteiger partial charge in [-0.1, -0.05) is 13.8 Å². The minimum absolute atomic E-state index is 0.0149. The van der Waals surface area contributed by atoms with Gasteiger partial charge in [-0.25, -0.2) is 0 Å². The molecule has 2 aliphatic rings. The van der Waals surface area contributed by atoms with E-state index < -0.39 is 0 Å². The molecule has 0 unspecified atom stereocenters. The first-order chi connectivity index (χ1) is 8.65. The lowest BCUT2D eigenvalue weighted by molar-refractivity contribution is -0.0897. The molecule has 0 spiro atoms. The summed E-state index contributed by atoms with van der Waals surface area (Å²) >= 11 is 0. The Balaban J connectivity index is 1.82. The molecule has 106 valence electrons. The number of hydrogen-bond acceptors (Lipinski definition) is 3. The largest absolute Gasteiger partial charge is 0.381 e. The van der Waals surface area contributed by atoms with Crippen molar-refractivity contribution in [1.82, 2.24) is 5.32 Å². The van der Waals surface area contributed by atoms with E-state index in [9.17, 15) is 0 Å². The molecular formula is C15H29NO2. The molecule has 0 aromatic heterocycles. The Hall–Kier alpha value is -0.120. The van der Waals surface area contributed by atoms with Gasteiger partial charge in [0.25, 0.3) is 0 Å². The molecule has 3 nitrogen and oxygen atoms in total. The molecule has 1 saturated heterocycles. The van der Waals surface area contributed by atoms with Gasteiger partial charge in [-0.2, -0.15) is 0 Å². The van der Waals surface area contributed by atoms with E-state index in [0.29, 0.717) is 6.04 Å². The lowest BCUT2D eigenvalue weighted by atomic mass is 9.79. The van der Waals surface area contributed by atoms with Gasteiger partial charge in [0.15, 0.2) is 0 Å². The van der Waals surface area contributed by atoms with E-state index >= 15 is 0 Å². The van der Waals surface area contributed by atoms with Gasteiger partial charge in [0, 0.05) is 45.8 Å². The van der Waals surface area contributed by atoms with Crippen LogP contribution in [0, 0.1) is 11.8 Å². The first kappa shape index (κ1) is 14.3. The van der Waals surface area contributed by atoms with Crippen LogP contribution < -0.4 is 5.32 Å². The van der Waals surface area contributed by atoms with Crippen LogP contribution in [0.5, 0.6) is 0 Å². The predicted molar refractivity (Wildman–Crippen MR) is 73.8 cm³/mol. The molecule has 0 aromatic carbocycles. The second kappa shape index (κ2) is 6.36. The number of ether oxygens (including phenoxy) is 2. The molecular weight excluding hydrogens is 226 g/mol. The van der Waals surface area contributed by atoms with Crippen molar-refractivity contribution < 1.29 is 9.47 Å². The van der Waals surface area contributed by atoms with Crippen LogP contribution in [-0.2, 0) is 9.47 Å². The van der Waals surface area contributed by atoms with E-state index in [4.69, 9.17) is 9.47 Å². The highest BCUT2D eigenvalue weighted by molar-refractivity contribution is 4.89. The molecule has 0 amide bonds. The Morgan fingerprint density at radius 1 is 1.22 bits per heavy atom. The van der Waals surface area contributed by atoms with Crippen molar-refractivity contribution in [3.63, 3.8) is 0 Å². The third-order valence-electron chi connectivity index (χ3n) is 4.95. The smallest absolute Gasteiger partial charge is 0.0846 e. The van der Waals surface area contributed by atoms with Crippen LogP contribution in [0.3, 0.4) is 0 Å². The Bertz CT molecular complexity index is 251. The van der Waals surface area contributed by atoms with E-state index in [1.54, 1.807) is 0 Å². The average molecular weight is 255 g/mol. The second-order valence-electron chi connectivity index (χ2n) is 6.38. The van der Waals surface area contributed by atoms with E-state index in [-0.39, 0.29) is 5.60 Å². The molecule has 0 aromatic rings. The predicted octanol–water partition coefficient (Wildman–Crippen LogP) is 2.60. The standard InChI is InChI=1S/C15H29NO2/c1-12-4-5-14(13(2)10-12)16-11-15(17-3)6-8-18-9-7-15/h12-14,16H,4-11H2,1-3H3/t12-,13+,14-/m1/s1. The normalized spacial score (nSPS) is 36.5. The number of nitrogens with one attached hydrogen (secondary N) is 1. The quantitative estimate of drug-likeness (QED) is 0.837. The summed E-state index contributed by atoms with van der Waals surface area (Å²) in [5.74, 6) is 1.69. The summed E-state index contributed by atoms with van der Waals surface area (Å²) in [5.41, 5.74) is 0.0149. The van der Waals surface area contributed by atoms with E-state index in [1.807, 2.05) is 7.11 Å². The molecule has 0 radical (unpaired) electrons. The molecule has 1 aliphatic heterocycles. The van der Waals surface area contributed by atoms with Gasteiger partial charge in [0.1, 0.15) is 0 Å². The zero-order valence-electron chi connectivity index (χ0n) is 12.2. The number of hydrogen-bond donors (Lipinski definition) is 1. The highest BCUT2D eigenvalue weighted by Gasteiger charge is 2.34. The SMILES string of the molecule is COC1(CN[C@@H]2CC[C@@H](C)C[C@@H]2C)CCOCC1. The molecule has 3 heteroatoms. The van der Waals surface area contributed by atoms with Crippen molar-refractivity contribution in [1.29, 1.82) is 0 Å². The van der Waals surface area contributed by atoms with Crippen molar-refractivity contribution >= 4 is 0 Å². The van der Waals surface area contributed by atoms with Gasteiger partial charge in [0.05, 0.1) is 5.60 Å². The molecule has 2 rings (SSSR count). The third-order valence-corrected chi connectivity index (χ3v) is 4.95. The zero-order valence-corrected chi connectivity index (χ0v) is 12.2. The fraction of sp³-hybridized carbons (Fsp3) is 1.00. The molecule has 1 N–H and O–H groups in total. The molecule has 1 saturated carbocycles. The van der Waals surface area contributed by atoms with Gasteiger partial charge in [-0.05, 0) is 31.1 Å². The second-order valence-corrected chi connectivity index (χ2v) is 6.38. The zero-order chi connectivity index (χ0) is 13.0. The third kappa shape index (κ3) is 3.46. The lowest BCUT2D eigenvalue weighted by Gasteiger charge is -2.40. The van der Waals surface area contributed by atoms with Crippen LogP contribution in [0.25, 0.3) is 0 Å². The summed E-state index contributed by atoms with van der Waals surface area (Å²) < 4.78 is 11.2. The van der Waals surface area contributed by atoms with Crippen LogP contribution in [-0.4, -0.2) is 38.5 Å². The van der Waals surface area contributed by atoms with Crippen molar-refractivity contribution in [2.24, 2.45) is 11.8 Å². The van der Waals surface area contributed by atoms with Crippen molar-refractivity contribution in [2.45, 2.75) is 57.6 Å². The monoisotopic (exact) mass is 255 g/mol. The van der Waals surface area contributed by atoms with Gasteiger partial charge in [-0.3, -0.25) is 0 Å². The molecule has 3 atom stereocenters. The van der Waals surface area contributed by atoms with Gasteiger partial charge < -0.3 is 14.8 Å². The highest BCUT2D eigenvalue weighted by atomic mass is 16.5. The first-order valence-corrected chi connectivity index (χ1v) is 7.51. The van der Waals surface area contributed by atoms with Crippen LogP contribution >= 0.6 is 0 Å². The Morgan fingerprint density at radius 2 is 1.94 bits per heavy atom. The van der Waals surface area contributed by atoms with Crippen LogP contribution in [0.1, 0.15) is 46.0 Å². The summed E-state index contributed by atoms with van der Waals surface area (Å²) in [6.07, 6.45) is 6.09.